The van der Waals surface area contributed by atoms with Gasteiger partial charge in [-0.15, -0.1) is 0 Å². The van der Waals surface area contributed by atoms with Crippen LogP contribution in [-0.2, 0) is 9.05 Å². The molecule has 0 unspecified atom stereocenters. The number of aromatic nitrogens is 1. The smallest absolute Gasteiger partial charge is 0.223 e. The van der Waals surface area contributed by atoms with Gasteiger partial charge >= 0.3 is 0 Å². The van der Waals surface area contributed by atoms with E-state index in [1.165, 1.54) is 6.07 Å². The molecule has 0 radical (unpaired) electrons. The lowest BCUT2D eigenvalue weighted by atomic mass is 10.3. The van der Waals surface area contributed by atoms with Crippen molar-refractivity contribution in [1.82, 2.24) is 4.98 Å². The SMILES string of the molecule is Cc1cc(Cl)nc(S(=O)(=O)Cl)c1. The standard InChI is InChI=1S/C6H5Cl2NO2S/c1-4-2-5(7)9-6(3-4)12(8,10)11/h2-3H,1H3. The van der Waals surface area contributed by atoms with Crippen LogP contribution >= 0.6 is 22.3 Å². The van der Waals surface area contributed by atoms with E-state index >= 15 is 0 Å². The summed E-state index contributed by atoms with van der Waals surface area (Å²) in [7, 11) is 1.28. The second-order valence-electron chi connectivity index (χ2n) is 2.24. The lowest BCUT2D eigenvalue weighted by molar-refractivity contribution is 0.606. The number of hydrogen-bond acceptors (Lipinski definition) is 3. The maximum atomic E-state index is 10.8. The Morgan fingerprint density at radius 3 is 2.42 bits per heavy atom. The maximum Gasteiger partial charge on any atom is 0.278 e. The van der Waals surface area contributed by atoms with Gasteiger partial charge in [-0.3, -0.25) is 0 Å². The van der Waals surface area contributed by atoms with Crippen molar-refractivity contribution in [3.63, 3.8) is 0 Å². The average molecular weight is 226 g/mol. The van der Waals surface area contributed by atoms with Crippen LogP contribution in [0.4, 0.5) is 0 Å². The van der Waals surface area contributed by atoms with E-state index < -0.39 is 9.05 Å². The highest BCUT2D eigenvalue weighted by atomic mass is 35.7. The zero-order valence-corrected chi connectivity index (χ0v) is 8.41. The Morgan fingerprint density at radius 2 is 2.00 bits per heavy atom. The van der Waals surface area contributed by atoms with Crippen LogP contribution in [-0.4, -0.2) is 13.4 Å². The molecule has 1 aromatic heterocycles. The summed E-state index contributed by atoms with van der Waals surface area (Å²) in [4.78, 5) is 3.55. The third kappa shape index (κ3) is 2.33. The van der Waals surface area contributed by atoms with E-state index in [2.05, 4.69) is 4.98 Å². The van der Waals surface area contributed by atoms with Crippen molar-refractivity contribution in [2.45, 2.75) is 11.9 Å². The van der Waals surface area contributed by atoms with Gasteiger partial charge in [-0.1, -0.05) is 11.6 Å². The third-order valence-corrected chi connectivity index (χ3v) is 2.54. The highest BCUT2D eigenvalue weighted by Crippen LogP contribution is 2.17. The predicted octanol–water partition coefficient (Wildman–Crippen LogP) is 1.97. The normalized spacial score (nSPS) is 11.6. The van der Waals surface area contributed by atoms with E-state index in [1.807, 2.05) is 0 Å². The molecule has 0 N–H and O–H groups in total. The molecule has 3 nitrogen and oxygen atoms in total. The van der Waals surface area contributed by atoms with Crippen molar-refractivity contribution in [3.8, 4) is 0 Å². The van der Waals surface area contributed by atoms with Gasteiger partial charge in [0, 0.05) is 10.7 Å². The molecule has 66 valence electrons. The fraction of sp³-hybridized carbons (Fsp3) is 0.167. The highest BCUT2D eigenvalue weighted by molar-refractivity contribution is 8.13. The molecular formula is C6H5Cl2NO2S. The molecule has 12 heavy (non-hydrogen) atoms. The Hall–Kier alpha value is -0.320. The van der Waals surface area contributed by atoms with Gasteiger partial charge in [0.1, 0.15) is 5.15 Å². The van der Waals surface area contributed by atoms with E-state index in [4.69, 9.17) is 22.3 Å². The largest absolute Gasteiger partial charge is 0.278 e. The molecular weight excluding hydrogens is 221 g/mol. The topological polar surface area (TPSA) is 47.0 Å². The molecule has 6 heteroatoms. The van der Waals surface area contributed by atoms with E-state index in [0.717, 1.165) is 0 Å². The molecule has 1 aromatic rings. The molecule has 0 fully saturated rings. The summed E-state index contributed by atoms with van der Waals surface area (Å²) in [6.07, 6.45) is 0. The molecule has 1 rings (SSSR count). The van der Waals surface area contributed by atoms with Crippen LogP contribution < -0.4 is 0 Å². The van der Waals surface area contributed by atoms with Crippen molar-refractivity contribution >= 4 is 31.3 Å². The van der Waals surface area contributed by atoms with Gasteiger partial charge in [0.25, 0.3) is 9.05 Å². The summed E-state index contributed by atoms with van der Waals surface area (Å²) in [6, 6.07) is 2.90. The monoisotopic (exact) mass is 225 g/mol. The molecule has 0 aromatic carbocycles. The Labute approximate surface area is 79.8 Å². The maximum absolute atomic E-state index is 10.8. The van der Waals surface area contributed by atoms with Gasteiger partial charge in [0.05, 0.1) is 0 Å². The predicted molar refractivity (Wildman–Crippen MR) is 47.0 cm³/mol. The van der Waals surface area contributed by atoms with E-state index in [-0.39, 0.29) is 10.2 Å². The van der Waals surface area contributed by atoms with Crippen LogP contribution in [0, 0.1) is 6.92 Å². The van der Waals surface area contributed by atoms with Crippen molar-refractivity contribution in [2.75, 3.05) is 0 Å². The fourth-order valence-electron chi connectivity index (χ4n) is 0.719. The molecule has 0 atom stereocenters. The van der Waals surface area contributed by atoms with Crippen LogP contribution in [0.1, 0.15) is 5.56 Å². The first-order valence-electron chi connectivity index (χ1n) is 2.98. The number of halogens is 2. The van der Waals surface area contributed by atoms with Crippen LogP contribution in [0.2, 0.25) is 5.15 Å². The lowest BCUT2D eigenvalue weighted by Gasteiger charge is -1.97. The zero-order valence-electron chi connectivity index (χ0n) is 6.08. The second kappa shape index (κ2) is 3.20. The Bertz CT molecular complexity index is 382. The minimum atomic E-state index is -3.77. The van der Waals surface area contributed by atoms with Gasteiger partial charge in [0.15, 0.2) is 5.03 Å². The third-order valence-electron chi connectivity index (χ3n) is 1.16. The molecule has 1 heterocycles. The second-order valence-corrected chi connectivity index (χ2v) is 5.14. The van der Waals surface area contributed by atoms with E-state index in [0.29, 0.717) is 5.56 Å². The van der Waals surface area contributed by atoms with Crippen LogP contribution in [0.25, 0.3) is 0 Å². The molecule has 0 bridgehead atoms. The van der Waals surface area contributed by atoms with Crippen molar-refractivity contribution in [3.05, 3.63) is 22.8 Å². The quantitative estimate of drug-likeness (QED) is 0.543. The lowest BCUT2D eigenvalue weighted by Crippen LogP contribution is -1.95. The number of nitrogens with zero attached hydrogens (tertiary/aromatic N) is 1. The fourth-order valence-corrected chi connectivity index (χ4v) is 1.80. The number of aryl methyl sites for hydroxylation is 1. The number of hydrogen-bond donors (Lipinski definition) is 0. The summed E-state index contributed by atoms with van der Waals surface area (Å²) in [5.41, 5.74) is 0.703. The Kier molecular flexibility index (Phi) is 2.61. The summed E-state index contributed by atoms with van der Waals surface area (Å²) in [6.45, 7) is 1.71. The molecule has 0 aliphatic carbocycles. The van der Waals surface area contributed by atoms with Crippen molar-refractivity contribution in [1.29, 1.82) is 0 Å². The molecule has 0 amide bonds. The first kappa shape index (κ1) is 9.77. The number of rotatable bonds is 1. The van der Waals surface area contributed by atoms with Gasteiger partial charge in [-0.05, 0) is 24.6 Å². The zero-order chi connectivity index (χ0) is 9.35. The van der Waals surface area contributed by atoms with Gasteiger partial charge in [-0.25, -0.2) is 13.4 Å². The van der Waals surface area contributed by atoms with Crippen LogP contribution in [0.3, 0.4) is 0 Å². The molecule has 0 saturated carbocycles. The average Bonchev–Trinajstić information content (AvgIpc) is 1.82. The van der Waals surface area contributed by atoms with Crippen LogP contribution in [0.15, 0.2) is 17.2 Å². The van der Waals surface area contributed by atoms with Gasteiger partial charge < -0.3 is 0 Å². The van der Waals surface area contributed by atoms with E-state index in [1.54, 1.807) is 13.0 Å². The molecule has 0 aliphatic rings. The molecule has 0 spiro atoms. The van der Waals surface area contributed by atoms with Gasteiger partial charge in [0.2, 0.25) is 0 Å². The number of pyridine rings is 1. The van der Waals surface area contributed by atoms with E-state index in [9.17, 15) is 8.42 Å². The summed E-state index contributed by atoms with van der Waals surface area (Å²) in [5.74, 6) is 0. The summed E-state index contributed by atoms with van der Waals surface area (Å²) >= 11 is 5.52. The molecule has 0 aliphatic heterocycles. The minimum Gasteiger partial charge on any atom is -0.223 e. The minimum absolute atomic E-state index is 0.120. The van der Waals surface area contributed by atoms with Crippen LogP contribution in [0.5, 0.6) is 0 Å². The molecule has 0 saturated heterocycles. The Morgan fingerprint density at radius 1 is 1.42 bits per heavy atom. The first-order valence-corrected chi connectivity index (χ1v) is 5.67. The summed E-state index contributed by atoms with van der Waals surface area (Å²) in [5, 5.41) is -0.0941. The van der Waals surface area contributed by atoms with Crippen molar-refractivity contribution in [2.24, 2.45) is 0 Å². The van der Waals surface area contributed by atoms with Crippen molar-refractivity contribution < 1.29 is 8.42 Å². The summed E-state index contributed by atoms with van der Waals surface area (Å²) < 4.78 is 21.6. The first-order chi connectivity index (χ1) is 5.39. The Balaban J connectivity index is 3.37. The van der Waals surface area contributed by atoms with Gasteiger partial charge in [-0.2, -0.15) is 0 Å². The highest BCUT2D eigenvalue weighted by Gasteiger charge is 2.12.